The van der Waals surface area contributed by atoms with Gasteiger partial charge in [-0.3, -0.25) is 4.79 Å². The van der Waals surface area contributed by atoms with Gasteiger partial charge < -0.3 is 30.3 Å². The van der Waals surface area contributed by atoms with Crippen LogP contribution in [0.3, 0.4) is 0 Å². The highest BCUT2D eigenvalue weighted by Crippen LogP contribution is 2.25. The number of rotatable bonds is 9. The van der Waals surface area contributed by atoms with E-state index >= 15 is 0 Å². The van der Waals surface area contributed by atoms with Crippen LogP contribution in [-0.4, -0.2) is 72.1 Å². The highest BCUT2D eigenvalue weighted by atomic mass is 16.6. The molecule has 1 atom stereocenters. The second-order valence-corrected chi connectivity index (χ2v) is 12.1. The van der Waals surface area contributed by atoms with E-state index in [9.17, 15) is 14.4 Å². The topological polar surface area (TPSA) is 127 Å². The van der Waals surface area contributed by atoms with Gasteiger partial charge in [-0.2, -0.15) is 4.99 Å². The highest BCUT2D eigenvalue weighted by molar-refractivity contribution is 5.93. The fourth-order valence-electron chi connectivity index (χ4n) is 4.87. The Morgan fingerprint density at radius 3 is 2.23 bits per heavy atom. The molecule has 1 unspecified atom stereocenters. The summed E-state index contributed by atoms with van der Waals surface area (Å²) >= 11 is 0. The molecule has 3 rings (SSSR count). The van der Waals surface area contributed by atoms with Gasteiger partial charge >= 0.3 is 12.1 Å². The third kappa shape index (κ3) is 9.71. The van der Waals surface area contributed by atoms with Crippen LogP contribution in [0.2, 0.25) is 0 Å². The molecule has 10 nitrogen and oxygen atoms in total. The number of amides is 4. The van der Waals surface area contributed by atoms with E-state index in [1.54, 1.807) is 30.6 Å². The van der Waals surface area contributed by atoms with Crippen molar-refractivity contribution in [3.63, 3.8) is 0 Å². The fourth-order valence-corrected chi connectivity index (χ4v) is 4.87. The molecule has 222 valence electrons. The molecule has 2 heterocycles. The first-order valence-corrected chi connectivity index (χ1v) is 14.6. The Morgan fingerprint density at radius 1 is 1.02 bits per heavy atom. The zero-order valence-electron chi connectivity index (χ0n) is 24.8. The smallest absolute Gasteiger partial charge is 0.408 e. The number of urea groups is 1. The first kappa shape index (κ1) is 31.2. The minimum atomic E-state index is -0.813. The molecule has 0 saturated carbocycles. The van der Waals surface area contributed by atoms with Crippen LogP contribution in [0.25, 0.3) is 0 Å². The molecule has 0 bridgehead atoms. The van der Waals surface area contributed by atoms with Crippen LogP contribution < -0.4 is 15.8 Å². The van der Waals surface area contributed by atoms with Crippen molar-refractivity contribution in [2.45, 2.75) is 84.8 Å². The molecule has 0 aliphatic carbocycles. The molecule has 10 heteroatoms. The maximum absolute atomic E-state index is 13.2. The van der Waals surface area contributed by atoms with Gasteiger partial charge in [0.1, 0.15) is 23.2 Å². The quantitative estimate of drug-likeness (QED) is 0.253. The number of likely N-dealkylation sites (tertiary alicyclic amines) is 2. The Hall–Kier alpha value is -3.30. The summed E-state index contributed by atoms with van der Waals surface area (Å²) in [5, 5.41) is 2.77. The standard InChI is InChI=1S/C30H47N5O5/c1-21(2)26(31)33-28(37)35-18-14-22(15-19-35)9-8-20-39-24-12-10-23(11-13-24)25(27(36)34-16-6-7-17-34)32-29(38)40-30(3,4)5/h10-13,21-22,25H,6-9,14-20H2,1-5H3,(H,32,38)(H2,31,33,37). The largest absolute Gasteiger partial charge is 0.494 e. The van der Waals surface area contributed by atoms with E-state index in [1.807, 2.05) is 38.1 Å². The Bertz CT molecular complexity index is 1020. The summed E-state index contributed by atoms with van der Waals surface area (Å²) in [7, 11) is 0. The van der Waals surface area contributed by atoms with E-state index in [0.717, 1.165) is 44.3 Å². The number of nitrogens with zero attached hydrogens (tertiary/aromatic N) is 3. The van der Waals surface area contributed by atoms with Gasteiger partial charge in [0.25, 0.3) is 0 Å². The molecule has 3 N–H and O–H groups in total. The van der Waals surface area contributed by atoms with Crippen LogP contribution >= 0.6 is 0 Å². The van der Waals surface area contributed by atoms with Gasteiger partial charge in [-0.15, -0.1) is 0 Å². The maximum Gasteiger partial charge on any atom is 0.408 e. The van der Waals surface area contributed by atoms with Crippen molar-refractivity contribution in [3.8, 4) is 5.75 Å². The second kappa shape index (κ2) is 14.4. The van der Waals surface area contributed by atoms with Gasteiger partial charge in [0.05, 0.1) is 6.61 Å². The molecule has 1 aromatic rings. The second-order valence-electron chi connectivity index (χ2n) is 12.1. The molecule has 0 spiro atoms. The van der Waals surface area contributed by atoms with Crippen molar-refractivity contribution in [1.82, 2.24) is 15.1 Å². The lowest BCUT2D eigenvalue weighted by molar-refractivity contribution is -0.132. The number of hydrogen-bond donors (Lipinski definition) is 2. The van der Waals surface area contributed by atoms with E-state index in [1.165, 1.54) is 0 Å². The molecule has 1 aromatic carbocycles. The van der Waals surface area contributed by atoms with Crippen LogP contribution in [-0.2, 0) is 9.53 Å². The zero-order valence-corrected chi connectivity index (χ0v) is 24.8. The molecule has 0 radical (unpaired) electrons. The van der Waals surface area contributed by atoms with E-state index in [2.05, 4.69) is 10.3 Å². The summed E-state index contributed by atoms with van der Waals surface area (Å²) < 4.78 is 11.4. The van der Waals surface area contributed by atoms with Gasteiger partial charge in [0.15, 0.2) is 0 Å². The Morgan fingerprint density at radius 2 is 1.65 bits per heavy atom. The lowest BCUT2D eigenvalue weighted by atomic mass is 9.92. The third-order valence-corrected chi connectivity index (χ3v) is 7.27. The predicted molar refractivity (Wildman–Crippen MR) is 155 cm³/mol. The van der Waals surface area contributed by atoms with Gasteiger partial charge in [0, 0.05) is 32.1 Å². The van der Waals surface area contributed by atoms with E-state index in [0.29, 0.717) is 50.1 Å². The minimum Gasteiger partial charge on any atom is -0.494 e. The summed E-state index contributed by atoms with van der Waals surface area (Å²) in [6, 6.07) is 6.28. The Kier molecular flexibility index (Phi) is 11.2. The molecule has 2 aliphatic heterocycles. The van der Waals surface area contributed by atoms with Crippen LogP contribution in [0, 0.1) is 11.8 Å². The lowest BCUT2D eigenvalue weighted by Crippen LogP contribution is -2.43. The monoisotopic (exact) mass is 557 g/mol. The third-order valence-electron chi connectivity index (χ3n) is 7.27. The van der Waals surface area contributed by atoms with Crippen molar-refractivity contribution in [2.75, 3.05) is 32.8 Å². The Labute approximate surface area is 238 Å². The number of alkyl carbamates (subject to hydrolysis) is 1. The van der Waals surface area contributed by atoms with Gasteiger partial charge in [-0.1, -0.05) is 26.0 Å². The molecule has 2 fully saturated rings. The molecule has 40 heavy (non-hydrogen) atoms. The number of carbonyl (C=O) groups excluding carboxylic acids is 3. The number of carbonyl (C=O) groups is 3. The van der Waals surface area contributed by atoms with E-state index in [-0.39, 0.29) is 17.9 Å². The predicted octanol–water partition coefficient (Wildman–Crippen LogP) is 4.88. The van der Waals surface area contributed by atoms with Crippen LogP contribution in [0.15, 0.2) is 29.3 Å². The minimum absolute atomic E-state index is 0.0606. The first-order chi connectivity index (χ1) is 18.9. The molecule has 0 aromatic heterocycles. The average Bonchev–Trinajstić information content (AvgIpc) is 3.44. The van der Waals surface area contributed by atoms with Crippen molar-refractivity contribution >= 4 is 23.9 Å². The number of amidine groups is 1. The normalized spacial score (nSPS) is 17.6. The molecular formula is C30H47N5O5. The summed E-state index contributed by atoms with van der Waals surface area (Å²) in [6.07, 6.45) is 5.17. The van der Waals surface area contributed by atoms with Crippen LogP contribution in [0.1, 0.15) is 84.7 Å². The van der Waals surface area contributed by atoms with E-state index < -0.39 is 17.7 Å². The van der Waals surface area contributed by atoms with Crippen LogP contribution in [0.5, 0.6) is 5.75 Å². The molecule has 2 aliphatic rings. The molecule has 4 amide bonds. The number of nitrogens with one attached hydrogen (secondary N) is 1. The first-order valence-electron chi connectivity index (χ1n) is 14.6. The summed E-state index contributed by atoms with van der Waals surface area (Å²) in [4.78, 5) is 45.6. The number of nitrogens with two attached hydrogens (primary N) is 1. The van der Waals surface area contributed by atoms with Crippen LogP contribution in [0.4, 0.5) is 9.59 Å². The lowest BCUT2D eigenvalue weighted by Gasteiger charge is -2.30. The summed E-state index contributed by atoms with van der Waals surface area (Å²) in [5.74, 6) is 1.59. The highest BCUT2D eigenvalue weighted by Gasteiger charge is 2.31. The molecular weight excluding hydrogens is 510 g/mol. The average molecular weight is 558 g/mol. The van der Waals surface area contributed by atoms with Crippen molar-refractivity contribution < 1.29 is 23.9 Å². The number of ether oxygens (including phenoxy) is 2. The van der Waals surface area contributed by atoms with Crippen molar-refractivity contribution in [3.05, 3.63) is 29.8 Å². The fraction of sp³-hybridized carbons (Fsp3) is 0.667. The Balaban J connectivity index is 1.46. The van der Waals surface area contributed by atoms with Gasteiger partial charge in [0.2, 0.25) is 5.91 Å². The summed E-state index contributed by atoms with van der Waals surface area (Å²) in [5.41, 5.74) is 5.86. The zero-order chi connectivity index (χ0) is 29.3. The number of hydrogen-bond acceptors (Lipinski definition) is 5. The SMILES string of the molecule is CC(C)C(N)=NC(=O)N1CCC(CCCOc2ccc(C(NC(=O)OC(C)(C)C)C(=O)N3CCCC3)cc2)CC1. The van der Waals surface area contributed by atoms with Crippen molar-refractivity contribution in [1.29, 1.82) is 0 Å². The number of benzene rings is 1. The van der Waals surface area contributed by atoms with Gasteiger partial charge in [-0.05, 0) is 82.9 Å². The maximum atomic E-state index is 13.2. The summed E-state index contributed by atoms with van der Waals surface area (Å²) in [6.45, 7) is 12.6. The number of piperidine rings is 1. The number of aliphatic imine (C=N–C) groups is 1. The van der Waals surface area contributed by atoms with Gasteiger partial charge in [-0.25, -0.2) is 9.59 Å². The molecule has 2 saturated heterocycles. The van der Waals surface area contributed by atoms with E-state index in [4.69, 9.17) is 15.2 Å². The van der Waals surface area contributed by atoms with Crippen molar-refractivity contribution in [2.24, 2.45) is 22.6 Å².